The fourth-order valence-corrected chi connectivity index (χ4v) is 2.67. The minimum Gasteiger partial charge on any atom is -0.323 e. The van der Waals surface area contributed by atoms with Crippen LogP contribution in [0, 0.1) is 0 Å². The summed E-state index contributed by atoms with van der Waals surface area (Å²) in [4.78, 5) is 16.2. The number of nitrogens with zero attached hydrogens (tertiary/aromatic N) is 2. The summed E-state index contributed by atoms with van der Waals surface area (Å²) in [5.41, 5.74) is 3.51. The average molecular weight is 273 g/mol. The monoisotopic (exact) mass is 273 g/mol. The van der Waals surface area contributed by atoms with Gasteiger partial charge in [-0.25, -0.2) is 0 Å². The molecule has 1 aliphatic heterocycles. The molecule has 0 radical (unpaired) electrons. The van der Waals surface area contributed by atoms with Gasteiger partial charge in [-0.15, -0.1) is 0 Å². The summed E-state index contributed by atoms with van der Waals surface area (Å²) in [7, 11) is 6.34. The van der Waals surface area contributed by atoms with E-state index in [1.807, 2.05) is 13.0 Å². The minimum absolute atomic E-state index is 0.0826. The van der Waals surface area contributed by atoms with E-state index in [1.54, 1.807) is 6.08 Å². The van der Waals surface area contributed by atoms with Crippen LogP contribution in [-0.4, -0.2) is 43.4 Å². The molecule has 108 valence electrons. The first kappa shape index (κ1) is 14.8. The van der Waals surface area contributed by atoms with Crippen LogP contribution < -0.4 is 5.32 Å². The van der Waals surface area contributed by atoms with E-state index < -0.39 is 0 Å². The van der Waals surface area contributed by atoms with Gasteiger partial charge in [0.15, 0.2) is 0 Å². The molecule has 1 unspecified atom stereocenters. The van der Waals surface area contributed by atoms with Crippen molar-refractivity contribution < 1.29 is 4.79 Å². The lowest BCUT2D eigenvalue weighted by Gasteiger charge is -2.36. The number of rotatable bonds is 3. The Morgan fingerprint density at radius 2 is 2.20 bits per heavy atom. The van der Waals surface area contributed by atoms with Crippen LogP contribution in [0.2, 0.25) is 0 Å². The molecule has 0 bridgehead atoms. The van der Waals surface area contributed by atoms with Crippen LogP contribution in [0.3, 0.4) is 0 Å². The second-order valence-electron chi connectivity index (χ2n) is 5.58. The van der Waals surface area contributed by atoms with Gasteiger partial charge in [0, 0.05) is 24.8 Å². The van der Waals surface area contributed by atoms with Crippen molar-refractivity contribution in [1.82, 2.24) is 9.80 Å². The SMILES string of the molecule is C/C=C/C(=O)Nc1ccc2c(c1)CN(C)CC2N(C)C. The maximum atomic E-state index is 11.6. The lowest BCUT2D eigenvalue weighted by atomic mass is 9.94. The van der Waals surface area contributed by atoms with Gasteiger partial charge in [0.2, 0.25) is 5.91 Å². The first-order chi connectivity index (χ1) is 9.51. The predicted molar refractivity (Wildman–Crippen MR) is 82.6 cm³/mol. The van der Waals surface area contributed by atoms with Crippen molar-refractivity contribution in [2.75, 3.05) is 33.0 Å². The van der Waals surface area contributed by atoms with Crippen molar-refractivity contribution >= 4 is 11.6 Å². The standard InChI is InChI=1S/C16H23N3O/c1-5-6-16(20)17-13-7-8-14-12(9-13)10-19(4)11-15(14)18(2)3/h5-9,15H,10-11H2,1-4H3,(H,17,20)/b6-5+. The van der Waals surface area contributed by atoms with E-state index in [9.17, 15) is 4.79 Å². The lowest BCUT2D eigenvalue weighted by molar-refractivity contribution is -0.111. The van der Waals surface area contributed by atoms with Crippen LogP contribution in [-0.2, 0) is 11.3 Å². The highest BCUT2D eigenvalue weighted by molar-refractivity contribution is 5.99. The van der Waals surface area contributed by atoms with E-state index >= 15 is 0 Å². The summed E-state index contributed by atoms with van der Waals surface area (Å²) in [6.07, 6.45) is 3.28. The molecule has 4 nitrogen and oxygen atoms in total. The zero-order valence-corrected chi connectivity index (χ0v) is 12.7. The molecule has 4 heteroatoms. The fraction of sp³-hybridized carbons (Fsp3) is 0.438. The molecule has 1 atom stereocenters. The molecule has 0 fully saturated rings. The maximum absolute atomic E-state index is 11.6. The van der Waals surface area contributed by atoms with Crippen LogP contribution in [0.1, 0.15) is 24.1 Å². The number of hydrogen-bond acceptors (Lipinski definition) is 3. The van der Waals surface area contributed by atoms with E-state index in [1.165, 1.54) is 17.2 Å². The lowest BCUT2D eigenvalue weighted by Crippen LogP contribution is -2.37. The number of anilines is 1. The molecule has 1 amide bonds. The number of allylic oxidation sites excluding steroid dienone is 1. The molecule has 0 spiro atoms. The number of carbonyl (C=O) groups is 1. The molecule has 0 aromatic heterocycles. The average Bonchev–Trinajstić information content (AvgIpc) is 2.37. The highest BCUT2D eigenvalue weighted by atomic mass is 16.1. The predicted octanol–water partition coefficient (Wildman–Crippen LogP) is 2.25. The van der Waals surface area contributed by atoms with Gasteiger partial charge < -0.3 is 15.1 Å². The van der Waals surface area contributed by atoms with Gasteiger partial charge in [0.25, 0.3) is 0 Å². The summed E-state index contributed by atoms with van der Waals surface area (Å²) >= 11 is 0. The molecular weight excluding hydrogens is 250 g/mol. The van der Waals surface area contributed by atoms with Crippen molar-refractivity contribution in [3.63, 3.8) is 0 Å². The number of amides is 1. The summed E-state index contributed by atoms with van der Waals surface area (Å²) in [6, 6.07) is 6.62. The van der Waals surface area contributed by atoms with Crippen molar-refractivity contribution in [3.05, 3.63) is 41.5 Å². The Morgan fingerprint density at radius 1 is 1.45 bits per heavy atom. The molecule has 0 saturated carbocycles. The Hall–Kier alpha value is -1.65. The molecule has 1 heterocycles. The van der Waals surface area contributed by atoms with Crippen molar-refractivity contribution in [2.45, 2.75) is 19.5 Å². The van der Waals surface area contributed by atoms with Crippen LogP contribution in [0.5, 0.6) is 0 Å². The molecular formula is C16H23N3O. The number of carbonyl (C=O) groups excluding carboxylic acids is 1. The quantitative estimate of drug-likeness (QED) is 0.858. The Bertz CT molecular complexity index is 522. The summed E-state index contributed by atoms with van der Waals surface area (Å²) in [5.74, 6) is -0.0826. The number of hydrogen-bond donors (Lipinski definition) is 1. The van der Waals surface area contributed by atoms with Crippen LogP contribution >= 0.6 is 0 Å². The van der Waals surface area contributed by atoms with Crippen LogP contribution in [0.25, 0.3) is 0 Å². The third kappa shape index (κ3) is 3.26. The van der Waals surface area contributed by atoms with Crippen molar-refractivity contribution in [2.24, 2.45) is 0 Å². The second-order valence-corrected chi connectivity index (χ2v) is 5.58. The topological polar surface area (TPSA) is 35.6 Å². The Morgan fingerprint density at radius 3 is 2.85 bits per heavy atom. The van der Waals surface area contributed by atoms with Crippen molar-refractivity contribution in [3.8, 4) is 0 Å². The van der Waals surface area contributed by atoms with Crippen LogP contribution in [0.4, 0.5) is 5.69 Å². The maximum Gasteiger partial charge on any atom is 0.248 e. The number of nitrogens with one attached hydrogen (secondary N) is 1. The van der Waals surface area contributed by atoms with E-state index in [4.69, 9.17) is 0 Å². The molecule has 1 aromatic rings. The molecule has 20 heavy (non-hydrogen) atoms. The summed E-state index contributed by atoms with van der Waals surface area (Å²) < 4.78 is 0. The fourth-order valence-electron chi connectivity index (χ4n) is 2.67. The minimum atomic E-state index is -0.0826. The van der Waals surface area contributed by atoms with Gasteiger partial charge >= 0.3 is 0 Å². The van der Waals surface area contributed by atoms with Gasteiger partial charge in [-0.1, -0.05) is 12.1 Å². The first-order valence-electron chi connectivity index (χ1n) is 6.92. The molecule has 1 aliphatic rings. The number of fused-ring (bicyclic) bond motifs is 1. The van der Waals surface area contributed by atoms with E-state index in [-0.39, 0.29) is 5.91 Å². The number of benzene rings is 1. The molecule has 0 saturated heterocycles. The van der Waals surface area contributed by atoms with Gasteiger partial charge in [-0.05, 0) is 57.4 Å². The van der Waals surface area contributed by atoms with Gasteiger partial charge in [-0.3, -0.25) is 4.79 Å². The zero-order chi connectivity index (χ0) is 14.7. The normalized spacial score (nSPS) is 19.4. The third-order valence-corrected chi connectivity index (χ3v) is 3.64. The summed E-state index contributed by atoms with van der Waals surface area (Å²) in [5, 5.41) is 2.89. The van der Waals surface area contributed by atoms with Crippen LogP contribution in [0.15, 0.2) is 30.4 Å². The highest BCUT2D eigenvalue weighted by Gasteiger charge is 2.24. The van der Waals surface area contributed by atoms with Gasteiger partial charge in [0.1, 0.15) is 0 Å². The van der Waals surface area contributed by atoms with Gasteiger partial charge in [-0.2, -0.15) is 0 Å². The Kier molecular flexibility index (Phi) is 4.57. The zero-order valence-electron chi connectivity index (χ0n) is 12.7. The van der Waals surface area contributed by atoms with Gasteiger partial charge in [0.05, 0.1) is 0 Å². The van der Waals surface area contributed by atoms with E-state index in [2.05, 4.69) is 48.4 Å². The smallest absolute Gasteiger partial charge is 0.248 e. The first-order valence-corrected chi connectivity index (χ1v) is 6.92. The Balaban J connectivity index is 2.26. The molecule has 1 N–H and O–H groups in total. The summed E-state index contributed by atoms with van der Waals surface area (Å²) in [6.45, 7) is 3.79. The molecule has 2 rings (SSSR count). The van der Waals surface area contributed by atoms with E-state index in [0.717, 1.165) is 18.8 Å². The molecule has 1 aromatic carbocycles. The van der Waals surface area contributed by atoms with Crippen molar-refractivity contribution in [1.29, 1.82) is 0 Å². The second kappa shape index (κ2) is 6.20. The third-order valence-electron chi connectivity index (χ3n) is 3.64. The van der Waals surface area contributed by atoms with E-state index in [0.29, 0.717) is 6.04 Å². The Labute approximate surface area is 121 Å². The number of likely N-dealkylation sites (N-methyl/N-ethyl adjacent to an activating group) is 2. The highest BCUT2D eigenvalue weighted by Crippen LogP contribution is 2.30. The largest absolute Gasteiger partial charge is 0.323 e. The molecule has 0 aliphatic carbocycles.